The van der Waals surface area contributed by atoms with E-state index in [2.05, 4.69) is 34.4 Å². The summed E-state index contributed by atoms with van der Waals surface area (Å²) >= 11 is 0. The number of carbonyl (C=O) groups is 1. The lowest BCUT2D eigenvalue weighted by Gasteiger charge is -2.12. The highest BCUT2D eigenvalue weighted by atomic mass is 32.2. The molecule has 26 heavy (non-hydrogen) atoms. The molecule has 1 aliphatic rings. The quantitative estimate of drug-likeness (QED) is 0.834. The average molecular weight is 374 g/mol. The number of hydrogen-bond donors (Lipinski definition) is 2. The van der Waals surface area contributed by atoms with Gasteiger partial charge in [0.1, 0.15) is 17.8 Å². The van der Waals surface area contributed by atoms with Gasteiger partial charge < -0.3 is 10.6 Å². The Bertz CT molecular complexity index is 895. The molecule has 3 rings (SSSR count). The largest absolute Gasteiger partial charge is 0.366 e. The Kier molecular flexibility index (Phi) is 5.22. The molecule has 0 spiro atoms. The van der Waals surface area contributed by atoms with E-state index >= 15 is 0 Å². The summed E-state index contributed by atoms with van der Waals surface area (Å²) in [6, 6.07) is 9.02. The number of nitrogens with zero attached hydrogens (tertiary/aromatic N) is 2. The van der Waals surface area contributed by atoms with Crippen LogP contribution in [0.2, 0.25) is 0 Å². The van der Waals surface area contributed by atoms with Crippen LogP contribution in [0.25, 0.3) is 0 Å². The Morgan fingerprint density at radius 2 is 1.92 bits per heavy atom. The molecule has 0 radical (unpaired) electrons. The highest BCUT2D eigenvalue weighted by Crippen LogP contribution is 2.19. The third kappa shape index (κ3) is 4.57. The van der Waals surface area contributed by atoms with Crippen molar-refractivity contribution in [1.29, 1.82) is 0 Å². The second-order valence-electron chi connectivity index (χ2n) is 6.76. The number of benzene rings is 1. The van der Waals surface area contributed by atoms with E-state index < -0.39 is 9.84 Å². The van der Waals surface area contributed by atoms with Gasteiger partial charge in [0.05, 0.1) is 11.5 Å². The minimum absolute atomic E-state index is 0.0841. The minimum Gasteiger partial charge on any atom is -0.366 e. The maximum absolute atomic E-state index is 12.4. The first-order valence-electron chi connectivity index (χ1n) is 8.53. The molecule has 1 atom stereocenters. The molecular weight excluding hydrogens is 352 g/mol. The van der Waals surface area contributed by atoms with Crippen LogP contribution in [0.5, 0.6) is 0 Å². The van der Waals surface area contributed by atoms with Gasteiger partial charge in [0.15, 0.2) is 9.84 Å². The maximum atomic E-state index is 12.4. The van der Waals surface area contributed by atoms with Crippen molar-refractivity contribution in [3.8, 4) is 0 Å². The third-order valence-corrected chi connectivity index (χ3v) is 6.09. The van der Waals surface area contributed by atoms with Crippen LogP contribution in [-0.4, -0.2) is 41.8 Å². The summed E-state index contributed by atoms with van der Waals surface area (Å²) in [7, 11) is -2.98. The van der Waals surface area contributed by atoms with Gasteiger partial charge in [-0.25, -0.2) is 18.4 Å². The van der Waals surface area contributed by atoms with Gasteiger partial charge in [-0.3, -0.25) is 4.79 Å². The summed E-state index contributed by atoms with van der Waals surface area (Å²) in [5, 5.41) is 5.87. The van der Waals surface area contributed by atoms with Crippen molar-refractivity contribution in [2.24, 2.45) is 0 Å². The molecule has 1 saturated heterocycles. The Balaban J connectivity index is 1.66. The standard InChI is InChI=1S/C18H22N4O3S/c1-12(2)13-3-5-14(6-4-13)22-18(23)16-9-17(20-11-19-16)21-15-7-8-26(24,25)10-15/h3-6,9,11-12,15H,7-8,10H2,1-2H3,(H,22,23)(H,19,20,21). The SMILES string of the molecule is CC(C)c1ccc(NC(=O)c2cc(NC3CCS(=O)(=O)C3)ncn2)cc1. The van der Waals surface area contributed by atoms with Crippen LogP contribution in [0.15, 0.2) is 36.7 Å². The molecule has 0 bridgehead atoms. The van der Waals surface area contributed by atoms with E-state index in [4.69, 9.17) is 0 Å². The molecule has 8 heteroatoms. The molecule has 7 nitrogen and oxygen atoms in total. The highest BCUT2D eigenvalue weighted by molar-refractivity contribution is 7.91. The Hall–Kier alpha value is -2.48. The minimum atomic E-state index is -2.98. The number of amides is 1. The van der Waals surface area contributed by atoms with Crippen molar-refractivity contribution in [3.05, 3.63) is 47.9 Å². The van der Waals surface area contributed by atoms with E-state index in [0.29, 0.717) is 23.8 Å². The summed E-state index contributed by atoms with van der Waals surface area (Å²) in [6.45, 7) is 4.22. The van der Waals surface area contributed by atoms with E-state index in [1.165, 1.54) is 18.0 Å². The second-order valence-corrected chi connectivity index (χ2v) is 8.99. The number of rotatable bonds is 5. The predicted molar refractivity (Wildman–Crippen MR) is 101 cm³/mol. The van der Waals surface area contributed by atoms with Gasteiger partial charge in [-0.1, -0.05) is 26.0 Å². The zero-order valence-corrected chi connectivity index (χ0v) is 15.6. The van der Waals surface area contributed by atoms with Crippen LogP contribution in [-0.2, 0) is 9.84 Å². The van der Waals surface area contributed by atoms with Gasteiger partial charge in [0, 0.05) is 17.8 Å². The first-order valence-corrected chi connectivity index (χ1v) is 10.3. The maximum Gasteiger partial charge on any atom is 0.274 e. The van der Waals surface area contributed by atoms with Crippen molar-refractivity contribution in [3.63, 3.8) is 0 Å². The molecule has 1 aromatic heterocycles. The Labute approximate surface area is 153 Å². The van der Waals surface area contributed by atoms with Crippen LogP contribution in [0.3, 0.4) is 0 Å². The highest BCUT2D eigenvalue weighted by Gasteiger charge is 2.28. The van der Waals surface area contributed by atoms with Crippen molar-refractivity contribution >= 4 is 27.2 Å². The van der Waals surface area contributed by atoms with E-state index in [1.54, 1.807) is 0 Å². The molecule has 1 aliphatic heterocycles. The molecular formula is C18H22N4O3S. The number of hydrogen-bond acceptors (Lipinski definition) is 6. The summed E-state index contributed by atoms with van der Waals surface area (Å²) in [5.41, 5.74) is 2.11. The van der Waals surface area contributed by atoms with Crippen LogP contribution < -0.4 is 10.6 Å². The number of sulfone groups is 1. The molecule has 0 aliphatic carbocycles. The summed E-state index contributed by atoms with van der Waals surface area (Å²) in [6.07, 6.45) is 1.83. The van der Waals surface area contributed by atoms with E-state index in [0.717, 1.165) is 0 Å². The monoisotopic (exact) mass is 374 g/mol. The summed E-state index contributed by atoms with van der Waals surface area (Å²) in [4.78, 5) is 20.5. The van der Waals surface area contributed by atoms with Gasteiger partial charge >= 0.3 is 0 Å². The lowest BCUT2D eigenvalue weighted by Crippen LogP contribution is -2.22. The summed E-state index contributed by atoms with van der Waals surface area (Å²) in [5.74, 6) is 0.791. The molecule has 1 fully saturated rings. The molecule has 2 N–H and O–H groups in total. The number of aromatic nitrogens is 2. The molecule has 138 valence electrons. The molecule has 1 aromatic carbocycles. The fourth-order valence-electron chi connectivity index (χ4n) is 2.82. The molecule has 1 unspecified atom stereocenters. The van der Waals surface area contributed by atoms with Gasteiger partial charge in [0.25, 0.3) is 5.91 Å². The van der Waals surface area contributed by atoms with E-state index in [9.17, 15) is 13.2 Å². The first-order chi connectivity index (χ1) is 12.3. The molecule has 2 aromatic rings. The first kappa shape index (κ1) is 18.3. The van der Waals surface area contributed by atoms with Gasteiger partial charge in [0.2, 0.25) is 0 Å². The normalized spacial score (nSPS) is 18.7. The molecule has 1 amide bonds. The predicted octanol–water partition coefficient (Wildman–Crippen LogP) is 2.45. The smallest absolute Gasteiger partial charge is 0.274 e. The van der Waals surface area contributed by atoms with Crippen LogP contribution in [0.4, 0.5) is 11.5 Å². The number of nitrogens with one attached hydrogen (secondary N) is 2. The average Bonchev–Trinajstić information content (AvgIpc) is 2.94. The van der Waals surface area contributed by atoms with Gasteiger partial charge in [-0.15, -0.1) is 0 Å². The van der Waals surface area contributed by atoms with Crippen LogP contribution in [0, 0.1) is 0 Å². The van der Waals surface area contributed by atoms with Crippen molar-refractivity contribution in [2.75, 3.05) is 22.1 Å². The van der Waals surface area contributed by atoms with E-state index in [-0.39, 0.29) is 29.1 Å². The van der Waals surface area contributed by atoms with Crippen molar-refractivity contribution in [1.82, 2.24) is 9.97 Å². The van der Waals surface area contributed by atoms with E-state index in [1.807, 2.05) is 24.3 Å². The Morgan fingerprint density at radius 1 is 1.19 bits per heavy atom. The molecule has 0 saturated carbocycles. The second kappa shape index (κ2) is 7.41. The lowest BCUT2D eigenvalue weighted by molar-refractivity contribution is 0.102. The number of carbonyl (C=O) groups excluding carboxylic acids is 1. The fourth-order valence-corrected chi connectivity index (χ4v) is 4.50. The van der Waals surface area contributed by atoms with Crippen LogP contribution >= 0.6 is 0 Å². The van der Waals surface area contributed by atoms with Gasteiger partial charge in [-0.2, -0.15) is 0 Å². The topological polar surface area (TPSA) is 101 Å². The zero-order chi connectivity index (χ0) is 18.7. The fraction of sp³-hybridized carbons (Fsp3) is 0.389. The third-order valence-electron chi connectivity index (χ3n) is 4.32. The summed E-state index contributed by atoms with van der Waals surface area (Å²) < 4.78 is 23.1. The van der Waals surface area contributed by atoms with Gasteiger partial charge in [-0.05, 0) is 30.0 Å². The van der Waals surface area contributed by atoms with Crippen molar-refractivity contribution in [2.45, 2.75) is 32.2 Å². The zero-order valence-electron chi connectivity index (χ0n) is 14.8. The Morgan fingerprint density at radius 3 is 2.54 bits per heavy atom. The molecule has 2 heterocycles. The number of anilines is 2. The lowest BCUT2D eigenvalue weighted by atomic mass is 10.0. The van der Waals surface area contributed by atoms with Crippen molar-refractivity contribution < 1.29 is 13.2 Å². The van der Waals surface area contributed by atoms with Crippen LogP contribution in [0.1, 0.15) is 42.2 Å².